The van der Waals surface area contributed by atoms with Crippen molar-refractivity contribution in [1.29, 1.82) is 0 Å². The third kappa shape index (κ3) is 5.84. The van der Waals surface area contributed by atoms with Gasteiger partial charge in [0.15, 0.2) is 0 Å². The van der Waals surface area contributed by atoms with E-state index in [1.165, 1.54) is 37.9 Å². The summed E-state index contributed by atoms with van der Waals surface area (Å²) in [6.07, 6.45) is 6.41. The van der Waals surface area contributed by atoms with Gasteiger partial charge in [0, 0.05) is 0 Å². The molecule has 0 fully saturated rings. The predicted molar refractivity (Wildman–Crippen MR) is 120 cm³/mol. The van der Waals surface area contributed by atoms with E-state index in [0.29, 0.717) is 0 Å². The number of fused-ring (bicyclic) bond motifs is 4. The summed E-state index contributed by atoms with van der Waals surface area (Å²) < 4.78 is 1.20. The zero-order valence-electron chi connectivity index (χ0n) is 14.3. The Balaban J connectivity index is 0.000000175. The van der Waals surface area contributed by atoms with Crippen LogP contribution in [0.5, 0.6) is 0 Å². The number of hydrogen-bond donors (Lipinski definition) is 0. The Hall–Kier alpha value is -0.307. The number of hydrogen-bond acceptors (Lipinski definition) is 1. The molecular formula is C22H16BrCl2SZr-3. The first-order valence-electron chi connectivity index (χ1n) is 8.14. The van der Waals surface area contributed by atoms with E-state index >= 15 is 0 Å². The zero-order valence-corrected chi connectivity index (χ0v) is 20.8. The van der Waals surface area contributed by atoms with Gasteiger partial charge in [-0.2, -0.15) is 0 Å². The van der Waals surface area contributed by atoms with Crippen LogP contribution in [-0.4, -0.2) is 0 Å². The molecule has 0 nitrogen and oxygen atoms in total. The van der Waals surface area contributed by atoms with Crippen LogP contribution in [0.4, 0.5) is 0 Å². The molecule has 0 aromatic heterocycles. The fourth-order valence-corrected chi connectivity index (χ4v) is 3.62. The van der Waals surface area contributed by atoms with Crippen molar-refractivity contribution in [2.75, 3.05) is 0 Å². The standard InChI is InChI=1S/C13H8Br.C9H7.2ClH.H2S.Zr/c14-13-7-3-6-11-10-5-2-1-4-9(10)8-12(11)13;1-2-5-9-7-3-6-8(9)4-1;;;;/h1-5,7H,8H2;1-4,7H,6H2;2*1H;1H2;/q2*-1;;;;+2/p-3. The summed E-state index contributed by atoms with van der Waals surface area (Å²) in [6.45, 7) is 0. The minimum Gasteiger partial charge on any atom is -0.813 e. The second-order valence-corrected chi connectivity index (χ2v) is 10.4. The van der Waals surface area contributed by atoms with Crippen LogP contribution < -0.4 is 0 Å². The molecule has 0 saturated carbocycles. The van der Waals surface area contributed by atoms with Gasteiger partial charge in [-0.3, -0.25) is 0 Å². The molecule has 0 spiro atoms. The van der Waals surface area contributed by atoms with Crippen molar-refractivity contribution in [2.45, 2.75) is 12.8 Å². The Morgan fingerprint density at radius 1 is 0.926 bits per heavy atom. The van der Waals surface area contributed by atoms with Gasteiger partial charge in [0.25, 0.3) is 0 Å². The molecular weight excluding hydrogens is 538 g/mol. The van der Waals surface area contributed by atoms with Gasteiger partial charge in [-0.15, -0.1) is 76.9 Å². The van der Waals surface area contributed by atoms with E-state index in [1.807, 2.05) is 18.2 Å². The third-order valence-electron chi connectivity index (χ3n) is 4.30. The van der Waals surface area contributed by atoms with Gasteiger partial charge in [-0.1, -0.05) is 62.2 Å². The molecule has 0 bridgehead atoms. The van der Waals surface area contributed by atoms with E-state index in [2.05, 4.69) is 76.6 Å². The Morgan fingerprint density at radius 2 is 1.67 bits per heavy atom. The van der Waals surface area contributed by atoms with Crippen molar-refractivity contribution in [1.82, 2.24) is 0 Å². The summed E-state index contributed by atoms with van der Waals surface area (Å²) in [5.74, 6) is 0. The van der Waals surface area contributed by atoms with Crippen LogP contribution >= 0.6 is 33.0 Å². The van der Waals surface area contributed by atoms with Gasteiger partial charge in [0.2, 0.25) is 0 Å². The third-order valence-corrected chi connectivity index (χ3v) is 5.04. The monoisotopic (exact) mass is 551 g/mol. The summed E-state index contributed by atoms with van der Waals surface area (Å²) >= 11 is 2.76. The molecule has 27 heavy (non-hydrogen) atoms. The minimum absolute atomic E-state index is 0. The molecule has 0 N–H and O–H groups in total. The molecule has 0 amide bonds. The summed E-state index contributed by atoms with van der Waals surface area (Å²) in [7, 11) is 9.87. The first kappa shape index (κ1) is 23.0. The zero-order chi connectivity index (χ0) is 18.4. The first-order chi connectivity index (χ1) is 12.7. The van der Waals surface area contributed by atoms with Crippen LogP contribution in [-0.2, 0) is 47.2 Å². The molecule has 2 aliphatic carbocycles. The molecule has 0 heterocycles. The van der Waals surface area contributed by atoms with Gasteiger partial charge in [0.05, 0.1) is 0 Å². The largest absolute Gasteiger partial charge is 0.813 e. The second kappa shape index (κ2) is 11.6. The Kier molecular flexibility index (Phi) is 9.90. The van der Waals surface area contributed by atoms with E-state index in [1.54, 1.807) is 0 Å². The normalized spacial score (nSPS) is 11.5. The molecule has 3 aromatic rings. The van der Waals surface area contributed by atoms with E-state index in [0.717, 1.165) is 12.8 Å². The fourth-order valence-electron chi connectivity index (χ4n) is 3.15. The number of thiol groups is 1. The van der Waals surface area contributed by atoms with Gasteiger partial charge in [-0.25, -0.2) is 0 Å². The van der Waals surface area contributed by atoms with Gasteiger partial charge >= 0.3 is 37.9 Å². The maximum absolute atomic E-state index is 4.93. The van der Waals surface area contributed by atoms with Crippen molar-refractivity contribution < 1.29 is 20.8 Å². The molecule has 5 rings (SSSR count). The van der Waals surface area contributed by atoms with E-state index < -0.39 is 20.8 Å². The number of allylic oxidation sites excluding steroid dienone is 1. The van der Waals surface area contributed by atoms with Gasteiger partial charge < -0.3 is 13.5 Å². The second-order valence-electron chi connectivity index (χ2n) is 5.80. The predicted octanol–water partition coefficient (Wildman–Crippen LogP) is 6.98. The van der Waals surface area contributed by atoms with Crippen LogP contribution in [0.15, 0.2) is 65.1 Å². The first-order valence-corrected chi connectivity index (χ1v) is 15.3. The fraction of sp³-hybridized carbons (Fsp3) is 0.0909. The summed E-state index contributed by atoms with van der Waals surface area (Å²) in [4.78, 5) is 0. The smallest absolute Gasteiger partial charge is 0.0528 e. The van der Waals surface area contributed by atoms with Gasteiger partial charge in [-0.05, 0) is 6.42 Å². The molecule has 5 heteroatoms. The maximum Gasteiger partial charge on any atom is -0.0528 e. The van der Waals surface area contributed by atoms with Crippen LogP contribution in [0.3, 0.4) is 0 Å². The Bertz CT molecular complexity index is 928. The van der Waals surface area contributed by atoms with E-state index in [9.17, 15) is 0 Å². The number of benzene rings is 3. The molecule has 2 aliphatic rings. The SMILES string of the molecule is Brc1cc[c-]c2c1Cc1ccccc1-2.[Cl][Zr][Cl].[SH-].[c-]1cccc2c1C=CC2. The van der Waals surface area contributed by atoms with Crippen molar-refractivity contribution >= 4 is 52.5 Å². The number of halogens is 3. The molecule has 3 aromatic carbocycles. The topological polar surface area (TPSA) is 0 Å². The molecule has 0 aliphatic heterocycles. The summed E-state index contributed by atoms with van der Waals surface area (Å²) in [6, 6.07) is 25.2. The minimum atomic E-state index is -0.826. The number of rotatable bonds is 0. The van der Waals surface area contributed by atoms with Crippen LogP contribution in [0.25, 0.3) is 17.2 Å². The Labute approximate surface area is 195 Å². The quantitative estimate of drug-likeness (QED) is 0.128. The van der Waals surface area contributed by atoms with E-state index in [4.69, 9.17) is 17.0 Å². The summed E-state index contributed by atoms with van der Waals surface area (Å²) in [5, 5.41) is 0. The van der Waals surface area contributed by atoms with Crippen molar-refractivity contribution in [3.63, 3.8) is 0 Å². The molecule has 0 saturated heterocycles. The van der Waals surface area contributed by atoms with Crippen LogP contribution in [0.2, 0.25) is 0 Å². The average molecular weight is 554 g/mol. The summed E-state index contributed by atoms with van der Waals surface area (Å²) in [5.41, 5.74) is 8.04. The van der Waals surface area contributed by atoms with Crippen molar-refractivity contribution in [3.05, 3.63) is 99.5 Å². The molecule has 0 radical (unpaired) electrons. The Morgan fingerprint density at radius 3 is 2.44 bits per heavy atom. The van der Waals surface area contributed by atoms with Crippen LogP contribution in [0, 0.1) is 12.1 Å². The van der Waals surface area contributed by atoms with Crippen molar-refractivity contribution in [3.8, 4) is 11.1 Å². The van der Waals surface area contributed by atoms with E-state index in [-0.39, 0.29) is 13.5 Å². The molecule has 138 valence electrons. The van der Waals surface area contributed by atoms with Crippen LogP contribution in [0.1, 0.15) is 22.3 Å². The molecule has 0 atom stereocenters. The molecule has 0 unspecified atom stereocenters. The van der Waals surface area contributed by atoms with Gasteiger partial charge in [0.1, 0.15) is 0 Å². The maximum atomic E-state index is 4.93. The van der Waals surface area contributed by atoms with Crippen molar-refractivity contribution in [2.24, 2.45) is 0 Å². The average Bonchev–Trinajstić information content (AvgIpc) is 3.28.